The van der Waals surface area contributed by atoms with Crippen molar-refractivity contribution in [3.05, 3.63) is 29.8 Å². The van der Waals surface area contributed by atoms with Gasteiger partial charge in [-0.2, -0.15) is 0 Å². The van der Waals surface area contributed by atoms with Gasteiger partial charge in [-0.1, -0.05) is 12.1 Å². The summed E-state index contributed by atoms with van der Waals surface area (Å²) in [7, 11) is 1.95. The summed E-state index contributed by atoms with van der Waals surface area (Å²) in [5.74, 6) is 0.963. The number of carbonyl (C=O) groups is 1. The van der Waals surface area contributed by atoms with Gasteiger partial charge < -0.3 is 20.1 Å². The van der Waals surface area contributed by atoms with E-state index in [0.717, 1.165) is 25.9 Å². The van der Waals surface area contributed by atoms with Crippen molar-refractivity contribution in [1.82, 2.24) is 10.2 Å². The van der Waals surface area contributed by atoms with Gasteiger partial charge in [0.25, 0.3) is 0 Å². The first-order valence-electron chi connectivity index (χ1n) is 8.71. The Hall–Kier alpha value is -1.75. The second-order valence-corrected chi connectivity index (χ2v) is 7.58. The Morgan fingerprint density at radius 1 is 1.38 bits per heavy atom. The van der Waals surface area contributed by atoms with Gasteiger partial charge in [-0.25, -0.2) is 4.79 Å². The third kappa shape index (κ3) is 5.13. The molecule has 1 aromatic rings. The number of nitrogens with one attached hydrogen (secondary N) is 1. The molecule has 0 bridgehead atoms. The van der Waals surface area contributed by atoms with E-state index >= 15 is 0 Å². The molecule has 2 unspecified atom stereocenters. The van der Waals surface area contributed by atoms with Crippen molar-refractivity contribution >= 4 is 6.09 Å². The van der Waals surface area contributed by atoms with E-state index in [-0.39, 0.29) is 11.8 Å². The fourth-order valence-electron chi connectivity index (χ4n) is 3.33. The van der Waals surface area contributed by atoms with Crippen LogP contribution >= 0.6 is 0 Å². The van der Waals surface area contributed by atoms with E-state index in [1.165, 1.54) is 5.56 Å². The first kappa shape index (κ1) is 18.6. The number of carbonyl (C=O) groups excluding carboxylic acids is 1. The second-order valence-electron chi connectivity index (χ2n) is 7.58. The standard InChI is InChI=1S/C19H30N2O3/c1-19(2,3)24-18(23)21-11-5-6-15(13-21)17(12-20-4)14-7-9-16(22)10-8-14/h7-10,15,17,20,22H,5-6,11-13H2,1-4H3. The zero-order valence-corrected chi connectivity index (χ0v) is 15.2. The van der Waals surface area contributed by atoms with Gasteiger partial charge in [0.05, 0.1) is 0 Å². The molecule has 2 N–H and O–H groups in total. The Labute approximate surface area is 145 Å². The Morgan fingerprint density at radius 3 is 2.62 bits per heavy atom. The maximum Gasteiger partial charge on any atom is 0.410 e. The van der Waals surface area contributed by atoms with Gasteiger partial charge in [0.1, 0.15) is 11.4 Å². The number of ether oxygens (including phenoxy) is 1. The van der Waals surface area contributed by atoms with E-state index in [2.05, 4.69) is 5.32 Å². The van der Waals surface area contributed by atoms with E-state index in [9.17, 15) is 9.90 Å². The number of benzene rings is 1. The van der Waals surface area contributed by atoms with E-state index in [4.69, 9.17) is 4.74 Å². The minimum atomic E-state index is -0.467. The van der Waals surface area contributed by atoms with Gasteiger partial charge in [-0.15, -0.1) is 0 Å². The molecule has 1 amide bonds. The lowest BCUT2D eigenvalue weighted by Crippen LogP contribution is -2.45. The molecule has 24 heavy (non-hydrogen) atoms. The summed E-state index contributed by atoms with van der Waals surface area (Å²) in [5.41, 5.74) is 0.726. The Kier molecular flexibility index (Phi) is 6.10. The monoisotopic (exact) mass is 334 g/mol. The van der Waals surface area contributed by atoms with Crippen LogP contribution in [0.15, 0.2) is 24.3 Å². The highest BCUT2D eigenvalue weighted by molar-refractivity contribution is 5.68. The zero-order valence-electron chi connectivity index (χ0n) is 15.2. The highest BCUT2D eigenvalue weighted by atomic mass is 16.6. The van der Waals surface area contributed by atoms with E-state index < -0.39 is 5.60 Å². The maximum absolute atomic E-state index is 12.4. The Bertz CT molecular complexity index is 537. The number of amides is 1. The van der Waals surface area contributed by atoms with Crippen LogP contribution in [0, 0.1) is 5.92 Å². The van der Waals surface area contributed by atoms with Gasteiger partial charge in [-0.3, -0.25) is 0 Å². The molecule has 0 aromatic heterocycles. The summed E-state index contributed by atoms with van der Waals surface area (Å²) < 4.78 is 5.52. The van der Waals surface area contributed by atoms with Crippen molar-refractivity contribution in [3.63, 3.8) is 0 Å². The molecule has 2 rings (SSSR count). The van der Waals surface area contributed by atoms with Crippen molar-refractivity contribution in [2.75, 3.05) is 26.7 Å². The molecule has 0 aliphatic carbocycles. The van der Waals surface area contributed by atoms with Crippen LogP contribution in [0.1, 0.15) is 45.1 Å². The van der Waals surface area contributed by atoms with Crippen LogP contribution in [-0.4, -0.2) is 48.4 Å². The summed E-state index contributed by atoms with van der Waals surface area (Å²) in [5, 5.41) is 12.8. The van der Waals surface area contributed by atoms with E-state index in [0.29, 0.717) is 18.4 Å². The number of likely N-dealkylation sites (tertiary alicyclic amines) is 1. The summed E-state index contributed by atoms with van der Waals surface area (Å²) in [6, 6.07) is 7.41. The van der Waals surface area contributed by atoms with Crippen LogP contribution < -0.4 is 5.32 Å². The Balaban J connectivity index is 2.09. The van der Waals surface area contributed by atoms with Gasteiger partial charge >= 0.3 is 6.09 Å². The molecule has 0 spiro atoms. The van der Waals surface area contributed by atoms with Gasteiger partial charge in [0, 0.05) is 25.6 Å². The molecule has 1 aliphatic heterocycles. The van der Waals surface area contributed by atoms with Crippen LogP contribution in [0.3, 0.4) is 0 Å². The van der Waals surface area contributed by atoms with Crippen molar-refractivity contribution in [1.29, 1.82) is 0 Å². The van der Waals surface area contributed by atoms with Gasteiger partial charge in [-0.05, 0) is 64.3 Å². The average molecular weight is 334 g/mol. The number of aromatic hydroxyl groups is 1. The number of nitrogens with zero attached hydrogens (tertiary/aromatic N) is 1. The van der Waals surface area contributed by atoms with E-state index in [1.807, 2.05) is 44.9 Å². The highest BCUT2D eigenvalue weighted by Crippen LogP contribution is 2.32. The van der Waals surface area contributed by atoms with Crippen LogP contribution in [0.25, 0.3) is 0 Å². The van der Waals surface area contributed by atoms with E-state index in [1.54, 1.807) is 12.1 Å². The molecule has 1 saturated heterocycles. The molecule has 1 aliphatic rings. The van der Waals surface area contributed by atoms with Crippen molar-refractivity contribution in [2.45, 2.75) is 45.1 Å². The number of likely N-dealkylation sites (N-methyl/N-ethyl adjacent to an activating group) is 1. The zero-order chi connectivity index (χ0) is 17.7. The first-order valence-corrected chi connectivity index (χ1v) is 8.71. The molecule has 0 radical (unpaired) electrons. The number of rotatable bonds is 4. The third-order valence-electron chi connectivity index (χ3n) is 4.42. The van der Waals surface area contributed by atoms with Crippen molar-refractivity contribution < 1.29 is 14.6 Å². The van der Waals surface area contributed by atoms with Gasteiger partial charge in [0.2, 0.25) is 0 Å². The van der Waals surface area contributed by atoms with Crippen molar-refractivity contribution in [3.8, 4) is 5.75 Å². The fraction of sp³-hybridized carbons (Fsp3) is 0.632. The lowest BCUT2D eigenvalue weighted by Gasteiger charge is -2.37. The number of phenolic OH excluding ortho intramolecular Hbond substituents is 1. The summed E-state index contributed by atoms with van der Waals surface area (Å²) >= 11 is 0. The summed E-state index contributed by atoms with van der Waals surface area (Å²) in [6.07, 6.45) is 1.86. The molecule has 134 valence electrons. The molecular weight excluding hydrogens is 304 g/mol. The fourth-order valence-corrected chi connectivity index (χ4v) is 3.33. The minimum Gasteiger partial charge on any atom is -0.508 e. The molecule has 1 aromatic carbocycles. The predicted octanol–water partition coefficient (Wildman–Crippen LogP) is 3.34. The molecule has 1 fully saturated rings. The quantitative estimate of drug-likeness (QED) is 0.886. The van der Waals surface area contributed by atoms with Crippen LogP contribution in [0.4, 0.5) is 4.79 Å². The maximum atomic E-state index is 12.4. The largest absolute Gasteiger partial charge is 0.508 e. The smallest absolute Gasteiger partial charge is 0.410 e. The lowest BCUT2D eigenvalue weighted by molar-refractivity contribution is 0.0151. The molecule has 0 saturated carbocycles. The SMILES string of the molecule is CNCC(c1ccc(O)cc1)C1CCCN(C(=O)OC(C)(C)C)C1. The molecule has 5 nitrogen and oxygen atoms in total. The van der Waals surface area contributed by atoms with Crippen LogP contribution in [0.2, 0.25) is 0 Å². The first-order chi connectivity index (χ1) is 11.3. The van der Waals surface area contributed by atoms with Crippen molar-refractivity contribution in [2.24, 2.45) is 5.92 Å². The third-order valence-corrected chi connectivity index (χ3v) is 4.42. The number of piperidine rings is 1. The normalized spacial score (nSPS) is 19.8. The Morgan fingerprint density at radius 2 is 2.04 bits per heavy atom. The number of phenols is 1. The number of hydrogen-bond donors (Lipinski definition) is 2. The van der Waals surface area contributed by atoms with Gasteiger partial charge in [0.15, 0.2) is 0 Å². The molecule has 1 heterocycles. The molecule has 2 atom stereocenters. The second kappa shape index (κ2) is 7.88. The van der Waals surface area contributed by atoms with Crippen LogP contribution in [-0.2, 0) is 4.74 Å². The minimum absolute atomic E-state index is 0.221. The summed E-state index contributed by atoms with van der Waals surface area (Å²) in [4.78, 5) is 14.2. The topological polar surface area (TPSA) is 61.8 Å². The molecular formula is C19H30N2O3. The highest BCUT2D eigenvalue weighted by Gasteiger charge is 2.32. The predicted molar refractivity (Wildman–Crippen MR) is 95.3 cm³/mol. The number of hydrogen-bond acceptors (Lipinski definition) is 4. The average Bonchev–Trinajstić information content (AvgIpc) is 2.52. The van der Waals surface area contributed by atoms with Crippen LogP contribution in [0.5, 0.6) is 5.75 Å². The molecule has 5 heteroatoms. The lowest BCUT2D eigenvalue weighted by atomic mass is 9.81. The summed E-state index contributed by atoms with van der Waals surface area (Å²) in [6.45, 7) is 8.00.